The maximum absolute atomic E-state index is 9.20. The van der Waals surface area contributed by atoms with Crippen molar-refractivity contribution in [1.82, 2.24) is 4.98 Å². The molecule has 0 amide bonds. The molecule has 1 fully saturated rings. The number of furan rings is 1. The summed E-state index contributed by atoms with van der Waals surface area (Å²) in [6, 6.07) is 6.28. The van der Waals surface area contributed by atoms with Crippen LogP contribution in [0.2, 0.25) is 0 Å². The standard InChI is InChI=1S/C12H10N2O/c13-8-12(3-1-4-12)11-6-9-2-5-15-10(9)7-14-11/h2,5-7H,1,3-4H2. The van der Waals surface area contributed by atoms with Crippen LogP contribution in [0.15, 0.2) is 29.0 Å². The summed E-state index contributed by atoms with van der Waals surface area (Å²) in [6.45, 7) is 0. The van der Waals surface area contributed by atoms with Crippen molar-refractivity contribution in [3.63, 3.8) is 0 Å². The summed E-state index contributed by atoms with van der Waals surface area (Å²) in [5, 5.41) is 10.2. The number of pyridine rings is 1. The fourth-order valence-corrected chi connectivity index (χ4v) is 2.08. The van der Waals surface area contributed by atoms with Crippen LogP contribution in [0.4, 0.5) is 0 Å². The molecule has 2 aromatic heterocycles. The summed E-state index contributed by atoms with van der Waals surface area (Å²) in [5.41, 5.74) is 1.35. The first-order valence-corrected chi connectivity index (χ1v) is 5.09. The van der Waals surface area contributed by atoms with E-state index in [9.17, 15) is 5.26 Å². The Morgan fingerprint density at radius 2 is 2.33 bits per heavy atom. The molecule has 3 nitrogen and oxygen atoms in total. The van der Waals surface area contributed by atoms with Gasteiger partial charge in [-0.15, -0.1) is 0 Å². The fourth-order valence-electron chi connectivity index (χ4n) is 2.08. The summed E-state index contributed by atoms with van der Waals surface area (Å²) in [5.74, 6) is 0. The Balaban J connectivity index is 2.15. The van der Waals surface area contributed by atoms with E-state index in [1.54, 1.807) is 12.5 Å². The van der Waals surface area contributed by atoms with E-state index in [1.165, 1.54) is 0 Å². The Labute approximate surface area is 87.3 Å². The molecule has 3 rings (SSSR count). The predicted octanol–water partition coefficient (Wildman–Crippen LogP) is 2.77. The number of hydrogen-bond donors (Lipinski definition) is 0. The minimum Gasteiger partial charge on any atom is -0.463 e. The lowest BCUT2D eigenvalue weighted by atomic mass is 9.67. The Hall–Kier alpha value is -1.82. The second kappa shape index (κ2) is 2.83. The first kappa shape index (κ1) is 8.49. The molecule has 0 atom stereocenters. The number of nitrogens with zero attached hydrogens (tertiary/aromatic N) is 2. The molecule has 2 heterocycles. The van der Waals surface area contributed by atoms with Gasteiger partial charge in [0, 0.05) is 5.39 Å². The van der Waals surface area contributed by atoms with Gasteiger partial charge in [-0.05, 0) is 31.4 Å². The number of nitriles is 1. The molecule has 0 spiro atoms. The largest absolute Gasteiger partial charge is 0.463 e. The molecule has 1 aliphatic rings. The molecule has 1 aliphatic carbocycles. The van der Waals surface area contributed by atoms with Crippen LogP contribution in [-0.2, 0) is 5.41 Å². The summed E-state index contributed by atoms with van der Waals surface area (Å²) in [4.78, 5) is 4.33. The Bertz CT molecular complexity index is 546. The molecule has 0 bridgehead atoms. The lowest BCUT2D eigenvalue weighted by Gasteiger charge is -2.34. The molecule has 0 aliphatic heterocycles. The molecule has 0 radical (unpaired) electrons. The zero-order valence-electron chi connectivity index (χ0n) is 8.23. The summed E-state index contributed by atoms with van der Waals surface area (Å²) in [6.07, 6.45) is 6.34. The van der Waals surface area contributed by atoms with E-state index < -0.39 is 0 Å². The van der Waals surface area contributed by atoms with Crippen LogP contribution in [-0.4, -0.2) is 4.98 Å². The van der Waals surface area contributed by atoms with Gasteiger partial charge in [-0.25, -0.2) is 0 Å². The van der Waals surface area contributed by atoms with Crippen molar-refractivity contribution in [2.24, 2.45) is 0 Å². The Morgan fingerprint density at radius 3 is 3.00 bits per heavy atom. The third-order valence-electron chi connectivity index (χ3n) is 3.25. The van der Waals surface area contributed by atoms with Crippen molar-refractivity contribution in [2.45, 2.75) is 24.7 Å². The molecule has 3 heteroatoms. The van der Waals surface area contributed by atoms with Crippen molar-refractivity contribution in [2.75, 3.05) is 0 Å². The Morgan fingerprint density at radius 1 is 1.47 bits per heavy atom. The van der Waals surface area contributed by atoms with Crippen molar-refractivity contribution in [3.8, 4) is 6.07 Å². The minimum atomic E-state index is -0.328. The lowest BCUT2D eigenvalue weighted by molar-refractivity contribution is 0.316. The summed E-state index contributed by atoms with van der Waals surface area (Å²) < 4.78 is 5.23. The summed E-state index contributed by atoms with van der Waals surface area (Å²) >= 11 is 0. The van der Waals surface area contributed by atoms with E-state index in [2.05, 4.69) is 11.1 Å². The highest BCUT2D eigenvalue weighted by Crippen LogP contribution is 2.42. The highest BCUT2D eigenvalue weighted by molar-refractivity contribution is 5.76. The van der Waals surface area contributed by atoms with Gasteiger partial charge in [0.1, 0.15) is 0 Å². The maximum Gasteiger partial charge on any atom is 0.152 e. The smallest absolute Gasteiger partial charge is 0.152 e. The van der Waals surface area contributed by atoms with Crippen LogP contribution in [0.5, 0.6) is 0 Å². The van der Waals surface area contributed by atoms with E-state index in [0.29, 0.717) is 0 Å². The lowest BCUT2D eigenvalue weighted by Crippen LogP contribution is -2.33. The van der Waals surface area contributed by atoms with Crippen molar-refractivity contribution in [1.29, 1.82) is 5.26 Å². The second-order valence-corrected chi connectivity index (χ2v) is 4.08. The van der Waals surface area contributed by atoms with Crippen LogP contribution in [0.1, 0.15) is 25.0 Å². The van der Waals surface area contributed by atoms with Crippen LogP contribution in [0.3, 0.4) is 0 Å². The molecule has 2 aromatic rings. The first-order chi connectivity index (χ1) is 7.34. The van der Waals surface area contributed by atoms with E-state index in [4.69, 9.17) is 4.42 Å². The van der Waals surface area contributed by atoms with Crippen molar-refractivity contribution >= 4 is 11.0 Å². The zero-order valence-corrected chi connectivity index (χ0v) is 8.23. The predicted molar refractivity (Wildman–Crippen MR) is 55.2 cm³/mol. The Kier molecular flexibility index (Phi) is 1.60. The number of fused-ring (bicyclic) bond motifs is 1. The highest BCUT2D eigenvalue weighted by Gasteiger charge is 2.40. The summed E-state index contributed by atoms with van der Waals surface area (Å²) in [7, 11) is 0. The zero-order chi connectivity index (χ0) is 10.3. The van der Waals surface area contributed by atoms with Gasteiger partial charge < -0.3 is 4.42 Å². The topological polar surface area (TPSA) is 49.8 Å². The van der Waals surface area contributed by atoms with E-state index in [0.717, 1.165) is 35.9 Å². The van der Waals surface area contributed by atoms with Gasteiger partial charge in [0.25, 0.3) is 0 Å². The molecule has 15 heavy (non-hydrogen) atoms. The molecule has 0 N–H and O–H groups in total. The van der Waals surface area contributed by atoms with Crippen LogP contribution >= 0.6 is 0 Å². The quantitative estimate of drug-likeness (QED) is 0.707. The van der Waals surface area contributed by atoms with Gasteiger partial charge in [-0.2, -0.15) is 5.26 Å². The van der Waals surface area contributed by atoms with Crippen molar-refractivity contribution < 1.29 is 4.42 Å². The third-order valence-corrected chi connectivity index (χ3v) is 3.25. The monoisotopic (exact) mass is 198 g/mol. The van der Waals surface area contributed by atoms with Crippen LogP contribution < -0.4 is 0 Å². The highest BCUT2D eigenvalue weighted by atomic mass is 16.3. The SMILES string of the molecule is N#CC1(c2cc3ccoc3cn2)CCC1. The number of rotatable bonds is 1. The average Bonchev–Trinajstić information content (AvgIpc) is 2.64. The van der Waals surface area contributed by atoms with Crippen LogP contribution in [0.25, 0.3) is 11.0 Å². The fraction of sp³-hybridized carbons (Fsp3) is 0.333. The second-order valence-electron chi connectivity index (χ2n) is 4.08. The van der Waals surface area contributed by atoms with E-state index in [-0.39, 0.29) is 5.41 Å². The third kappa shape index (κ3) is 1.08. The van der Waals surface area contributed by atoms with Gasteiger partial charge in [-0.3, -0.25) is 4.98 Å². The molecule has 0 unspecified atom stereocenters. The molecule has 74 valence electrons. The minimum absolute atomic E-state index is 0.328. The molecule has 0 aromatic carbocycles. The molecule has 1 saturated carbocycles. The first-order valence-electron chi connectivity index (χ1n) is 5.09. The normalized spacial score (nSPS) is 18.3. The van der Waals surface area contributed by atoms with Gasteiger partial charge >= 0.3 is 0 Å². The number of hydrogen-bond acceptors (Lipinski definition) is 3. The average molecular weight is 198 g/mol. The van der Waals surface area contributed by atoms with Gasteiger partial charge in [0.2, 0.25) is 0 Å². The van der Waals surface area contributed by atoms with Gasteiger partial charge in [-0.1, -0.05) is 0 Å². The van der Waals surface area contributed by atoms with Crippen molar-refractivity contribution in [3.05, 3.63) is 30.3 Å². The molecular weight excluding hydrogens is 188 g/mol. The van der Waals surface area contributed by atoms with E-state index in [1.807, 2.05) is 12.1 Å². The van der Waals surface area contributed by atoms with E-state index >= 15 is 0 Å². The molecular formula is C12H10N2O. The molecule has 0 saturated heterocycles. The van der Waals surface area contributed by atoms with Gasteiger partial charge in [0.05, 0.1) is 29.6 Å². The number of aromatic nitrogens is 1. The van der Waals surface area contributed by atoms with Gasteiger partial charge in [0.15, 0.2) is 5.58 Å². The van der Waals surface area contributed by atoms with Crippen LogP contribution in [0, 0.1) is 11.3 Å². The maximum atomic E-state index is 9.20.